The SMILES string of the molecule is CCCCCCCCCCc1ccsc1-c1ccnc(-c2cc(C(F)(F)F)[nH]n2)c1. The Morgan fingerprint density at radius 3 is 2.37 bits per heavy atom. The van der Waals surface area contributed by atoms with Crippen molar-refractivity contribution in [3.63, 3.8) is 0 Å². The summed E-state index contributed by atoms with van der Waals surface area (Å²) in [5, 5.41) is 7.92. The molecule has 1 N–H and O–H groups in total. The highest BCUT2D eigenvalue weighted by molar-refractivity contribution is 7.13. The van der Waals surface area contributed by atoms with Crippen molar-refractivity contribution in [3.05, 3.63) is 47.1 Å². The Bertz CT molecular complexity index is 914. The van der Waals surface area contributed by atoms with Gasteiger partial charge < -0.3 is 0 Å². The summed E-state index contributed by atoms with van der Waals surface area (Å²) in [4.78, 5) is 5.38. The Morgan fingerprint density at radius 1 is 0.933 bits per heavy atom. The highest BCUT2D eigenvalue weighted by Crippen LogP contribution is 2.34. The number of hydrogen-bond acceptors (Lipinski definition) is 3. The van der Waals surface area contributed by atoms with E-state index >= 15 is 0 Å². The van der Waals surface area contributed by atoms with Crippen molar-refractivity contribution in [3.8, 4) is 21.8 Å². The maximum Gasteiger partial charge on any atom is 0.432 e. The van der Waals surface area contributed by atoms with Gasteiger partial charge in [-0.15, -0.1) is 11.3 Å². The zero-order chi connectivity index (χ0) is 21.4. The van der Waals surface area contributed by atoms with E-state index in [9.17, 15) is 13.2 Å². The first-order chi connectivity index (χ1) is 14.5. The molecule has 0 amide bonds. The number of nitrogens with zero attached hydrogens (tertiary/aromatic N) is 2. The Kier molecular flexibility index (Phi) is 8.08. The van der Waals surface area contributed by atoms with Crippen LogP contribution in [0.5, 0.6) is 0 Å². The molecule has 0 spiro atoms. The number of aryl methyl sites for hydroxylation is 1. The largest absolute Gasteiger partial charge is 0.432 e. The van der Waals surface area contributed by atoms with Crippen LogP contribution in [0.2, 0.25) is 0 Å². The molecule has 3 rings (SSSR count). The van der Waals surface area contributed by atoms with Gasteiger partial charge in [0, 0.05) is 11.1 Å². The van der Waals surface area contributed by atoms with E-state index in [0.717, 1.165) is 29.3 Å². The summed E-state index contributed by atoms with van der Waals surface area (Å²) >= 11 is 1.66. The monoisotopic (exact) mass is 435 g/mol. The smallest absolute Gasteiger partial charge is 0.273 e. The van der Waals surface area contributed by atoms with Crippen LogP contribution in [-0.2, 0) is 12.6 Å². The lowest BCUT2D eigenvalue weighted by molar-refractivity contribution is -0.141. The van der Waals surface area contributed by atoms with Gasteiger partial charge in [0.1, 0.15) is 11.4 Å². The number of aromatic amines is 1. The zero-order valence-electron chi connectivity index (χ0n) is 17.3. The number of hydrogen-bond donors (Lipinski definition) is 1. The fourth-order valence-corrected chi connectivity index (χ4v) is 4.50. The average molecular weight is 436 g/mol. The fourth-order valence-electron chi connectivity index (χ4n) is 3.55. The topological polar surface area (TPSA) is 41.6 Å². The van der Waals surface area contributed by atoms with Gasteiger partial charge in [-0.3, -0.25) is 10.1 Å². The fraction of sp³-hybridized carbons (Fsp3) is 0.478. The molecule has 0 fully saturated rings. The second-order valence-corrected chi connectivity index (χ2v) is 8.51. The van der Waals surface area contributed by atoms with Crippen LogP contribution in [0.1, 0.15) is 69.5 Å². The molecule has 7 heteroatoms. The third kappa shape index (κ3) is 6.17. The lowest BCUT2D eigenvalue weighted by Gasteiger charge is -2.06. The van der Waals surface area contributed by atoms with Crippen LogP contribution >= 0.6 is 11.3 Å². The van der Waals surface area contributed by atoms with Gasteiger partial charge in [-0.2, -0.15) is 18.3 Å². The Hall–Kier alpha value is -2.15. The lowest BCUT2D eigenvalue weighted by Crippen LogP contribution is -2.04. The Morgan fingerprint density at radius 2 is 1.67 bits per heavy atom. The summed E-state index contributed by atoms with van der Waals surface area (Å²) in [6, 6.07) is 6.88. The van der Waals surface area contributed by atoms with Crippen LogP contribution in [0.3, 0.4) is 0 Å². The third-order valence-corrected chi connectivity index (χ3v) is 6.22. The van der Waals surface area contributed by atoms with Crippen LogP contribution < -0.4 is 0 Å². The normalized spacial score (nSPS) is 11.9. The molecule has 30 heavy (non-hydrogen) atoms. The number of unbranched alkanes of at least 4 members (excludes halogenated alkanes) is 7. The van der Waals surface area contributed by atoms with Gasteiger partial charge in [0.15, 0.2) is 0 Å². The lowest BCUT2D eigenvalue weighted by atomic mass is 10.0. The van der Waals surface area contributed by atoms with Crippen molar-refractivity contribution in [2.45, 2.75) is 70.9 Å². The van der Waals surface area contributed by atoms with Crippen LogP contribution in [0.4, 0.5) is 13.2 Å². The minimum atomic E-state index is -4.44. The van der Waals surface area contributed by atoms with Gasteiger partial charge in [-0.25, -0.2) is 0 Å². The summed E-state index contributed by atoms with van der Waals surface area (Å²) in [5.41, 5.74) is 2.04. The molecule has 0 saturated heterocycles. The molecule has 0 aromatic carbocycles. The molecular weight excluding hydrogens is 407 g/mol. The molecule has 0 aliphatic heterocycles. The second-order valence-electron chi connectivity index (χ2n) is 7.59. The number of alkyl halides is 3. The van der Waals surface area contributed by atoms with Gasteiger partial charge in [0.25, 0.3) is 0 Å². The van der Waals surface area contributed by atoms with Crippen LogP contribution in [-0.4, -0.2) is 15.2 Å². The minimum Gasteiger partial charge on any atom is -0.273 e. The maximum atomic E-state index is 12.8. The number of halogens is 3. The second kappa shape index (κ2) is 10.8. The summed E-state index contributed by atoms with van der Waals surface area (Å²) in [6.07, 6.45) is 8.48. The molecule has 3 aromatic heterocycles. The van der Waals surface area contributed by atoms with Crippen LogP contribution in [0.25, 0.3) is 21.8 Å². The summed E-state index contributed by atoms with van der Waals surface area (Å²) in [6.45, 7) is 2.23. The molecule has 0 aliphatic carbocycles. The van der Waals surface area contributed by atoms with E-state index in [1.807, 2.05) is 12.1 Å². The summed E-state index contributed by atoms with van der Waals surface area (Å²) < 4.78 is 38.5. The molecule has 162 valence electrons. The standard InChI is InChI=1S/C23H28F3N3S/c1-2-3-4-5-6-7-8-9-10-17-12-14-30-22(17)18-11-13-27-19(15-18)20-16-21(29-28-20)23(24,25)26/h11-16H,2-10H2,1H3,(H,28,29). The molecule has 0 radical (unpaired) electrons. The first-order valence-electron chi connectivity index (χ1n) is 10.6. The Labute approximate surface area is 179 Å². The van der Waals surface area contributed by atoms with E-state index in [-0.39, 0.29) is 5.69 Å². The first kappa shape index (κ1) is 22.5. The maximum absolute atomic E-state index is 12.8. The molecule has 0 atom stereocenters. The van der Waals surface area contributed by atoms with E-state index in [2.05, 4.69) is 33.6 Å². The van der Waals surface area contributed by atoms with Gasteiger partial charge in [0.2, 0.25) is 0 Å². The predicted octanol–water partition coefficient (Wildman–Crippen LogP) is 7.90. The van der Waals surface area contributed by atoms with Gasteiger partial charge >= 0.3 is 6.18 Å². The van der Waals surface area contributed by atoms with Gasteiger partial charge in [-0.1, -0.05) is 51.9 Å². The number of H-pyrrole nitrogens is 1. The van der Waals surface area contributed by atoms with E-state index in [1.54, 1.807) is 17.5 Å². The predicted molar refractivity (Wildman–Crippen MR) is 116 cm³/mol. The van der Waals surface area contributed by atoms with E-state index in [4.69, 9.17) is 0 Å². The van der Waals surface area contributed by atoms with Crippen LogP contribution in [0.15, 0.2) is 35.8 Å². The van der Waals surface area contributed by atoms with Crippen molar-refractivity contribution in [1.29, 1.82) is 0 Å². The Balaban J connectivity index is 1.60. The molecular formula is C23H28F3N3S. The van der Waals surface area contributed by atoms with E-state index in [0.29, 0.717) is 5.69 Å². The number of pyridine rings is 1. The molecule has 0 bridgehead atoms. The van der Waals surface area contributed by atoms with Crippen molar-refractivity contribution in [2.24, 2.45) is 0 Å². The van der Waals surface area contributed by atoms with E-state index < -0.39 is 11.9 Å². The summed E-state index contributed by atoms with van der Waals surface area (Å²) in [5.74, 6) is 0. The molecule has 0 saturated carbocycles. The van der Waals surface area contributed by atoms with E-state index in [1.165, 1.54) is 50.5 Å². The molecule has 0 unspecified atom stereocenters. The number of thiophene rings is 1. The van der Waals surface area contributed by atoms with Crippen LogP contribution in [0, 0.1) is 0 Å². The van der Waals surface area contributed by atoms with Gasteiger partial charge in [0.05, 0.1) is 5.69 Å². The van der Waals surface area contributed by atoms with Crippen molar-refractivity contribution in [2.75, 3.05) is 0 Å². The number of aromatic nitrogens is 3. The van der Waals surface area contributed by atoms with Crippen molar-refractivity contribution < 1.29 is 13.2 Å². The third-order valence-electron chi connectivity index (χ3n) is 5.21. The summed E-state index contributed by atoms with van der Waals surface area (Å²) in [7, 11) is 0. The highest BCUT2D eigenvalue weighted by atomic mass is 32.1. The number of nitrogens with one attached hydrogen (secondary N) is 1. The molecule has 3 heterocycles. The quantitative estimate of drug-likeness (QED) is 0.311. The number of rotatable bonds is 11. The molecule has 3 nitrogen and oxygen atoms in total. The first-order valence-corrected chi connectivity index (χ1v) is 11.5. The molecule has 0 aliphatic rings. The van der Waals surface area contributed by atoms with Gasteiger partial charge in [-0.05, 0) is 53.6 Å². The van der Waals surface area contributed by atoms with Crippen molar-refractivity contribution in [1.82, 2.24) is 15.2 Å². The minimum absolute atomic E-state index is 0.199. The zero-order valence-corrected chi connectivity index (χ0v) is 18.1. The highest BCUT2D eigenvalue weighted by Gasteiger charge is 2.33. The average Bonchev–Trinajstić information content (AvgIpc) is 3.40. The van der Waals surface area contributed by atoms with Crippen molar-refractivity contribution >= 4 is 11.3 Å². The molecule has 3 aromatic rings.